The number of carbonyl (C=O) groups is 7. The van der Waals surface area contributed by atoms with Crippen molar-refractivity contribution in [2.75, 3.05) is 19.6 Å². The van der Waals surface area contributed by atoms with Crippen LogP contribution in [0.2, 0.25) is 0 Å². The minimum absolute atomic E-state index is 0.00405. The molecule has 0 spiro atoms. The highest BCUT2D eigenvalue weighted by molar-refractivity contribution is 5.97. The van der Waals surface area contributed by atoms with E-state index in [9.17, 15) is 38.7 Å². The molecule has 3 rings (SSSR count). The average Bonchev–Trinajstić information content (AvgIpc) is 3.53. The SMILES string of the molecule is CC(C)C[C@@H]1NC(=O)CCC(=O)[C@@H]2CCCN2C(=O)[C@H](CCC(=O)O)NC(=O)CNC(=O)[C@@H]2C[C@@H](O)CN2C1=O. The number of Topliss-reactive ketones (excluding diaryl/α,β-unsaturated/α-hetero) is 1. The molecular formula is C26H39N5O9. The number of hydrogen-bond donors (Lipinski definition) is 5. The van der Waals surface area contributed by atoms with Gasteiger partial charge < -0.3 is 36.0 Å². The van der Waals surface area contributed by atoms with Crippen molar-refractivity contribution in [1.29, 1.82) is 0 Å². The van der Waals surface area contributed by atoms with Crippen LogP contribution in [0.3, 0.4) is 0 Å². The smallest absolute Gasteiger partial charge is 0.303 e. The van der Waals surface area contributed by atoms with Crippen molar-refractivity contribution < 1.29 is 43.8 Å². The van der Waals surface area contributed by atoms with Gasteiger partial charge in [-0.2, -0.15) is 0 Å². The Morgan fingerprint density at radius 2 is 1.62 bits per heavy atom. The molecule has 0 aromatic carbocycles. The molecule has 14 heteroatoms. The average molecular weight is 566 g/mol. The lowest BCUT2D eigenvalue weighted by Gasteiger charge is -2.30. The minimum atomic E-state index is -1.24. The molecule has 5 amide bonds. The summed E-state index contributed by atoms with van der Waals surface area (Å²) < 4.78 is 0. The molecule has 5 atom stereocenters. The summed E-state index contributed by atoms with van der Waals surface area (Å²) in [6, 6.07) is -4.12. The molecule has 3 fully saturated rings. The van der Waals surface area contributed by atoms with E-state index in [1.807, 2.05) is 13.8 Å². The molecule has 14 nitrogen and oxygen atoms in total. The number of nitrogens with one attached hydrogen (secondary N) is 3. The second-order valence-electron chi connectivity index (χ2n) is 11.1. The molecular weight excluding hydrogens is 526 g/mol. The number of carboxylic acid groups (broad SMARTS) is 1. The first-order valence-corrected chi connectivity index (χ1v) is 13.8. The van der Waals surface area contributed by atoms with Crippen molar-refractivity contribution in [2.45, 2.75) is 95.5 Å². The fraction of sp³-hybridized carbons (Fsp3) is 0.731. The third-order valence-corrected chi connectivity index (χ3v) is 7.41. The minimum Gasteiger partial charge on any atom is -0.481 e. The van der Waals surface area contributed by atoms with E-state index in [0.29, 0.717) is 12.8 Å². The standard InChI is InChI=1S/C26H39N5O9/c1-14(2)10-17-26(40)31-13-15(32)11-19(31)24(38)27-12-22(35)28-16(5-8-23(36)37)25(39)30-9-3-4-18(30)20(33)6-7-21(34)29-17/h14-19,32H,3-13H2,1-2H3,(H,27,38)(H,28,35)(H,29,34)(H,36,37)/t15-,16+,17+,18+,19+/m1/s1. The van der Waals surface area contributed by atoms with E-state index in [4.69, 9.17) is 5.11 Å². The van der Waals surface area contributed by atoms with Crippen molar-refractivity contribution in [3.05, 3.63) is 0 Å². The first kappa shape index (κ1) is 31.0. The van der Waals surface area contributed by atoms with Gasteiger partial charge in [0.2, 0.25) is 29.5 Å². The molecule has 5 N–H and O–H groups in total. The van der Waals surface area contributed by atoms with Crippen LogP contribution in [0.15, 0.2) is 0 Å². The molecule has 0 radical (unpaired) electrons. The van der Waals surface area contributed by atoms with Gasteiger partial charge in [0.15, 0.2) is 5.78 Å². The zero-order valence-electron chi connectivity index (χ0n) is 22.9. The highest BCUT2D eigenvalue weighted by Gasteiger charge is 2.42. The monoisotopic (exact) mass is 565 g/mol. The topological polar surface area (TPSA) is 203 Å². The molecule has 0 saturated carbocycles. The van der Waals surface area contributed by atoms with Gasteiger partial charge in [-0.15, -0.1) is 0 Å². The van der Waals surface area contributed by atoms with Gasteiger partial charge in [-0.1, -0.05) is 13.8 Å². The van der Waals surface area contributed by atoms with Gasteiger partial charge in [0.1, 0.15) is 18.1 Å². The third kappa shape index (κ3) is 7.99. The Hall–Kier alpha value is -3.55. The fourth-order valence-corrected chi connectivity index (χ4v) is 5.49. The number of rotatable bonds is 5. The van der Waals surface area contributed by atoms with E-state index < -0.39 is 78.7 Å². The highest BCUT2D eigenvalue weighted by Crippen LogP contribution is 2.23. The number of carbonyl (C=O) groups excluding carboxylic acids is 6. The number of amides is 5. The van der Waals surface area contributed by atoms with E-state index in [0.717, 1.165) is 0 Å². The van der Waals surface area contributed by atoms with Gasteiger partial charge in [0.05, 0.1) is 18.7 Å². The molecule has 3 heterocycles. The Balaban J connectivity index is 1.88. The second-order valence-corrected chi connectivity index (χ2v) is 11.1. The van der Waals surface area contributed by atoms with Crippen LogP contribution < -0.4 is 16.0 Å². The van der Waals surface area contributed by atoms with Crippen molar-refractivity contribution in [3.8, 4) is 0 Å². The zero-order valence-corrected chi connectivity index (χ0v) is 22.9. The fourth-order valence-electron chi connectivity index (χ4n) is 5.49. The van der Waals surface area contributed by atoms with Gasteiger partial charge in [0, 0.05) is 38.8 Å². The van der Waals surface area contributed by atoms with Crippen LogP contribution in [0.5, 0.6) is 0 Å². The van der Waals surface area contributed by atoms with Crippen LogP contribution in [0.1, 0.15) is 65.2 Å². The first-order chi connectivity index (χ1) is 18.9. The van der Waals surface area contributed by atoms with E-state index >= 15 is 0 Å². The molecule has 0 aromatic heterocycles. The van der Waals surface area contributed by atoms with Gasteiger partial charge in [0.25, 0.3) is 0 Å². The Morgan fingerprint density at radius 1 is 0.950 bits per heavy atom. The molecule has 40 heavy (non-hydrogen) atoms. The molecule has 3 saturated heterocycles. The molecule has 222 valence electrons. The lowest BCUT2D eigenvalue weighted by Crippen LogP contribution is -2.56. The highest BCUT2D eigenvalue weighted by atomic mass is 16.4. The van der Waals surface area contributed by atoms with Crippen molar-refractivity contribution in [2.24, 2.45) is 5.92 Å². The van der Waals surface area contributed by atoms with Crippen LogP contribution in [0.4, 0.5) is 0 Å². The van der Waals surface area contributed by atoms with Gasteiger partial charge in [-0.25, -0.2) is 0 Å². The molecule has 0 aromatic rings. The number of carboxylic acids is 1. The Bertz CT molecular complexity index is 1030. The third-order valence-electron chi connectivity index (χ3n) is 7.41. The summed E-state index contributed by atoms with van der Waals surface area (Å²) in [4.78, 5) is 92.1. The molecule has 3 aliphatic heterocycles. The van der Waals surface area contributed by atoms with Crippen molar-refractivity contribution in [1.82, 2.24) is 25.8 Å². The number of hydrogen-bond acceptors (Lipinski definition) is 8. The lowest BCUT2D eigenvalue weighted by molar-refractivity contribution is -0.143. The van der Waals surface area contributed by atoms with Gasteiger partial charge in [-0.3, -0.25) is 33.6 Å². The quantitative estimate of drug-likeness (QED) is 0.257. The van der Waals surface area contributed by atoms with Crippen LogP contribution >= 0.6 is 0 Å². The number of ketones is 1. The maximum Gasteiger partial charge on any atom is 0.303 e. The molecule has 0 aliphatic carbocycles. The molecule has 0 unspecified atom stereocenters. The van der Waals surface area contributed by atoms with Gasteiger partial charge >= 0.3 is 5.97 Å². The van der Waals surface area contributed by atoms with Crippen LogP contribution in [0, 0.1) is 5.92 Å². The summed E-state index contributed by atoms with van der Waals surface area (Å²) in [5.74, 6) is -4.62. The van der Waals surface area contributed by atoms with Crippen LogP contribution in [0.25, 0.3) is 0 Å². The maximum absolute atomic E-state index is 13.5. The largest absolute Gasteiger partial charge is 0.481 e. The van der Waals surface area contributed by atoms with Crippen LogP contribution in [-0.4, -0.2) is 111 Å². The lowest BCUT2D eigenvalue weighted by atomic mass is 10.0. The number of nitrogens with zero attached hydrogens (tertiary/aromatic N) is 2. The molecule has 0 bridgehead atoms. The zero-order chi connectivity index (χ0) is 29.6. The number of fused-ring (bicyclic) bond motifs is 2. The van der Waals surface area contributed by atoms with Gasteiger partial charge in [-0.05, 0) is 31.6 Å². The van der Waals surface area contributed by atoms with E-state index in [1.165, 1.54) is 9.80 Å². The number of aliphatic hydroxyl groups is 1. The second kappa shape index (κ2) is 13.7. The summed E-state index contributed by atoms with van der Waals surface area (Å²) in [6.07, 6.45) is -0.911. The van der Waals surface area contributed by atoms with E-state index in [2.05, 4.69) is 16.0 Å². The predicted octanol–water partition coefficient (Wildman–Crippen LogP) is -1.70. The van der Waals surface area contributed by atoms with Crippen molar-refractivity contribution >= 4 is 41.3 Å². The number of aliphatic hydroxyl groups excluding tert-OH is 1. The number of aliphatic carboxylic acids is 1. The summed E-state index contributed by atoms with van der Waals surface area (Å²) >= 11 is 0. The maximum atomic E-state index is 13.5. The Labute approximate surface area is 232 Å². The first-order valence-electron chi connectivity index (χ1n) is 13.8. The Kier molecular flexibility index (Phi) is 10.6. The van der Waals surface area contributed by atoms with Crippen LogP contribution in [-0.2, 0) is 33.6 Å². The van der Waals surface area contributed by atoms with Crippen molar-refractivity contribution in [3.63, 3.8) is 0 Å². The summed E-state index contributed by atoms with van der Waals surface area (Å²) in [7, 11) is 0. The predicted molar refractivity (Wildman–Crippen MR) is 138 cm³/mol. The Morgan fingerprint density at radius 3 is 2.30 bits per heavy atom. The summed E-state index contributed by atoms with van der Waals surface area (Å²) in [5.41, 5.74) is 0. The summed E-state index contributed by atoms with van der Waals surface area (Å²) in [5, 5.41) is 26.9. The van der Waals surface area contributed by atoms with E-state index in [1.54, 1.807) is 0 Å². The van der Waals surface area contributed by atoms with E-state index in [-0.39, 0.29) is 56.9 Å². The normalized spacial score (nSPS) is 29.4. The summed E-state index contributed by atoms with van der Waals surface area (Å²) in [6.45, 7) is 3.29. The molecule has 3 aliphatic rings.